The molecule has 1 atom stereocenters. The summed E-state index contributed by atoms with van der Waals surface area (Å²) in [7, 11) is 3.71. The fourth-order valence-corrected chi connectivity index (χ4v) is 1.62. The molecule has 0 saturated heterocycles. The van der Waals surface area contributed by atoms with Crippen LogP contribution in [-0.2, 0) is 4.74 Å². The zero-order valence-corrected chi connectivity index (χ0v) is 10.5. The Morgan fingerprint density at radius 1 is 1.41 bits per heavy atom. The van der Waals surface area contributed by atoms with Crippen molar-refractivity contribution in [2.75, 3.05) is 33.9 Å². The number of methoxy groups -OCH3 is 1. The van der Waals surface area contributed by atoms with E-state index in [1.165, 1.54) is 12.1 Å². The molecule has 0 bridgehead atoms. The first-order chi connectivity index (χ1) is 8.13. The Morgan fingerprint density at radius 3 is 2.82 bits per heavy atom. The van der Waals surface area contributed by atoms with Crippen molar-refractivity contribution in [1.82, 2.24) is 4.90 Å². The van der Waals surface area contributed by atoms with Crippen molar-refractivity contribution >= 4 is 0 Å². The molecule has 1 unspecified atom stereocenters. The first-order valence-electron chi connectivity index (χ1n) is 5.82. The van der Waals surface area contributed by atoms with Gasteiger partial charge in [0, 0.05) is 19.7 Å². The van der Waals surface area contributed by atoms with Crippen LogP contribution >= 0.6 is 0 Å². The van der Waals surface area contributed by atoms with E-state index in [-0.39, 0.29) is 11.9 Å². The molecule has 0 radical (unpaired) electrons. The molecule has 1 aromatic carbocycles. The highest BCUT2D eigenvalue weighted by Gasteiger charge is 2.08. The van der Waals surface area contributed by atoms with Crippen LogP contribution < -0.4 is 5.73 Å². The molecule has 1 rings (SSSR count). The van der Waals surface area contributed by atoms with Crippen LogP contribution in [-0.4, -0.2) is 38.8 Å². The molecule has 0 aliphatic carbocycles. The van der Waals surface area contributed by atoms with E-state index in [0.717, 1.165) is 25.1 Å². The number of likely N-dealkylation sites (N-methyl/N-ethyl adjacent to an activating group) is 1. The van der Waals surface area contributed by atoms with E-state index in [4.69, 9.17) is 10.5 Å². The number of nitrogens with two attached hydrogens (primary N) is 1. The second-order valence-corrected chi connectivity index (χ2v) is 4.25. The summed E-state index contributed by atoms with van der Waals surface area (Å²) < 4.78 is 18.0. The maximum absolute atomic E-state index is 13.0. The number of ether oxygens (including phenoxy) is 1. The van der Waals surface area contributed by atoms with Crippen LogP contribution in [0.25, 0.3) is 0 Å². The lowest BCUT2D eigenvalue weighted by molar-refractivity contribution is 0.159. The van der Waals surface area contributed by atoms with Gasteiger partial charge in [-0.1, -0.05) is 12.1 Å². The minimum atomic E-state index is -0.231. The van der Waals surface area contributed by atoms with Crippen LogP contribution in [0.3, 0.4) is 0 Å². The van der Waals surface area contributed by atoms with Crippen molar-refractivity contribution < 1.29 is 9.13 Å². The van der Waals surface area contributed by atoms with Gasteiger partial charge in [-0.3, -0.25) is 0 Å². The molecular formula is C13H21FN2O. The van der Waals surface area contributed by atoms with Crippen molar-refractivity contribution in [3.8, 4) is 0 Å². The highest BCUT2D eigenvalue weighted by atomic mass is 19.1. The summed E-state index contributed by atoms with van der Waals surface area (Å²) in [5.74, 6) is -0.231. The number of hydrogen-bond donors (Lipinski definition) is 1. The van der Waals surface area contributed by atoms with E-state index >= 15 is 0 Å². The van der Waals surface area contributed by atoms with Crippen LogP contribution in [0.2, 0.25) is 0 Å². The predicted octanol–water partition coefficient (Wildman–Crippen LogP) is 1.79. The Balaban J connectivity index is 2.36. The maximum Gasteiger partial charge on any atom is 0.123 e. The summed E-state index contributed by atoms with van der Waals surface area (Å²) in [5.41, 5.74) is 6.87. The molecule has 96 valence electrons. The fraction of sp³-hybridized carbons (Fsp3) is 0.538. The monoisotopic (exact) mass is 240 g/mol. The summed E-state index contributed by atoms with van der Waals surface area (Å²) in [5, 5.41) is 0. The quantitative estimate of drug-likeness (QED) is 0.789. The van der Waals surface area contributed by atoms with Crippen LogP contribution in [0.1, 0.15) is 18.0 Å². The van der Waals surface area contributed by atoms with Gasteiger partial charge < -0.3 is 15.4 Å². The lowest BCUT2D eigenvalue weighted by atomic mass is 10.0. The SMILES string of the molecule is COCCN(C)CCC(N)c1cccc(F)c1. The molecule has 1 aromatic rings. The zero-order valence-electron chi connectivity index (χ0n) is 10.5. The Kier molecular flexibility index (Phi) is 6.11. The van der Waals surface area contributed by atoms with E-state index in [0.29, 0.717) is 6.61 Å². The molecule has 0 spiro atoms. The maximum atomic E-state index is 13.0. The van der Waals surface area contributed by atoms with Crippen LogP contribution in [0.5, 0.6) is 0 Å². The molecule has 0 heterocycles. The third-order valence-corrected chi connectivity index (χ3v) is 2.78. The molecule has 0 aromatic heterocycles. The van der Waals surface area contributed by atoms with Gasteiger partial charge in [-0.25, -0.2) is 4.39 Å². The van der Waals surface area contributed by atoms with Gasteiger partial charge in [0.15, 0.2) is 0 Å². The molecule has 0 fully saturated rings. The van der Waals surface area contributed by atoms with Gasteiger partial charge in [0.1, 0.15) is 5.82 Å². The number of nitrogens with zero attached hydrogens (tertiary/aromatic N) is 1. The Morgan fingerprint density at radius 2 is 2.18 bits per heavy atom. The topological polar surface area (TPSA) is 38.5 Å². The normalized spacial score (nSPS) is 13.0. The lowest BCUT2D eigenvalue weighted by Crippen LogP contribution is -2.26. The largest absolute Gasteiger partial charge is 0.383 e. The number of halogens is 1. The first-order valence-corrected chi connectivity index (χ1v) is 5.82. The van der Waals surface area contributed by atoms with Crippen molar-refractivity contribution in [2.45, 2.75) is 12.5 Å². The van der Waals surface area contributed by atoms with E-state index in [1.54, 1.807) is 13.2 Å². The molecule has 0 aliphatic rings. The fourth-order valence-electron chi connectivity index (χ4n) is 1.62. The van der Waals surface area contributed by atoms with Crippen LogP contribution in [0.4, 0.5) is 4.39 Å². The number of benzene rings is 1. The van der Waals surface area contributed by atoms with Gasteiger partial charge in [0.05, 0.1) is 6.61 Å². The first kappa shape index (κ1) is 14.1. The standard InChI is InChI=1S/C13H21FN2O/c1-16(8-9-17-2)7-6-13(15)11-4-3-5-12(14)10-11/h3-5,10,13H,6-9,15H2,1-2H3. The van der Waals surface area contributed by atoms with Gasteiger partial charge >= 0.3 is 0 Å². The minimum absolute atomic E-state index is 0.115. The van der Waals surface area contributed by atoms with Crippen molar-refractivity contribution in [1.29, 1.82) is 0 Å². The third kappa shape index (κ3) is 5.26. The Hall–Kier alpha value is -0.970. The molecule has 4 heteroatoms. The zero-order chi connectivity index (χ0) is 12.7. The molecule has 0 amide bonds. The lowest BCUT2D eigenvalue weighted by Gasteiger charge is -2.19. The van der Waals surface area contributed by atoms with Gasteiger partial charge in [-0.05, 0) is 37.7 Å². The van der Waals surface area contributed by atoms with Crippen molar-refractivity contribution in [3.63, 3.8) is 0 Å². The van der Waals surface area contributed by atoms with E-state index in [2.05, 4.69) is 4.90 Å². The van der Waals surface area contributed by atoms with Crippen LogP contribution in [0.15, 0.2) is 24.3 Å². The van der Waals surface area contributed by atoms with Crippen molar-refractivity contribution in [2.24, 2.45) is 5.73 Å². The summed E-state index contributed by atoms with van der Waals surface area (Å²) >= 11 is 0. The average Bonchev–Trinajstić information content (AvgIpc) is 2.33. The Labute approximate surface area is 102 Å². The molecule has 17 heavy (non-hydrogen) atoms. The highest BCUT2D eigenvalue weighted by molar-refractivity contribution is 5.19. The molecular weight excluding hydrogens is 219 g/mol. The Bertz CT molecular complexity index is 333. The van der Waals surface area contributed by atoms with Gasteiger partial charge in [0.2, 0.25) is 0 Å². The molecule has 0 aliphatic heterocycles. The molecule has 0 saturated carbocycles. The van der Waals surface area contributed by atoms with Gasteiger partial charge in [-0.2, -0.15) is 0 Å². The smallest absolute Gasteiger partial charge is 0.123 e. The minimum Gasteiger partial charge on any atom is -0.383 e. The second kappa shape index (κ2) is 7.37. The molecule has 2 N–H and O–H groups in total. The summed E-state index contributed by atoms with van der Waals surface area (Å²) in [4.78, 5) is 2.16. The summed E-state index contributed by atoms with van der Waals surface area (Å²) in [6, 6.07) is 6.37. The summed E-state index contributed by atoms with van der Waals surface area (Å²) in [6.07, 6.45) is 0.809. The second-order valence-electron chi connectivity index (χ2n) is 4.25. The van der Waals surface area contributed by atoms with Crippen LogP contribution in [0, 0.1) is 5.82 Å². The van der Waals surface area contributed by atoms with E-state index in [9.17, 15) is 4.39 Å². The van der Waals surface area contributed by atoms with E-state index < -0.39 is 0 Å². The molecule has 3 nitrogen and oxygen atoms in total. The van der Waals surface area contributed by atoms with Crippen molar-refractivity contribution in [3.05, 3.63) is 35.6 Å². The number of rotatable bonds is 7. The van der Waals surface area contributed by atoms with Gasteiger partial charge in [0.25, 0.3) is 0 Å². The van der Waals surface area contributed by atoms with Gasteiger partial charge in [-0.15, -0.1) is 0 Å². The number of hydrogen-bond acceptors (Lipinski definition) is 3. The highest BCUT2D eigenvalue weighted by Crippen LogP contribution is 2.15. The summed E-state index contributed by atoms with van der Waals surface area (Å²) in [6.45, 7) is 2.47. The predicted molar refractivity (Wildman–Crippen MR) is 67.3 cm³/mol. The average molecular weight is 240 g/mol. The van der Waals surface area contributed by atoms with E-state index in [1.807, 2.05) is 13.1 Å². The third-order valence-electron chi connectivity index (χ3n) is 2.78.